The van der Waals surface area contributed by atoms with Gasteiger partial charge in [-0.15, -0.1) is 0 Å². The van der Waals surface area contributed by atoms with Crippen molar-refractivity contribution in [2.45, 2.75) is 13.0 Å². The van der Waals surface area contributed by atoms with Crippen LogP contribution in [0.25, 0.3) is 5.82 Å². The molecule has 116 valence electrons. The fraction of sp³-hybridized carbons (Fsp3) is 0.118. The van der Waals surface area contributed by atoms with Crippen molar-refractivity contribution in [1.29, 1.82) is 0 Å². The molecule has 3 rings (SSSR count). The van der Waals surface area contributed by atoms with Gasteiger partial charge in [0.2, 0.25) is 5.91 Å². The summed E-state index contributed by atoms with van der Waals surface area (Å²) in [6.45, 7) is 0.419. The molecule has 0 unspecified atom stereocenters. The summed E-state index contributed by atoms with van der Waals surface area (Å²) in [7, 11) is 0. The van der Waals surface area contributed by atoms with Crippen LogP contribution in [-0.2, 0) is 17.8 Å². The zero-order valence-corrected chi connectivity index (χ0v) is 12.4. The highest BCUT2D eigenvalue weighted by molar-refractivity contribution is 5.78. The summed E-state index contributed by atoms with van der Waals surface area (Å²) in [6, 6.07) is 10.5. The normalized spacial score (nSPS) is 10.4. The smallest absolute Gasteiger partial charge is 0.224 e. The van der Waals surface area contributed by atoms with E-state index < -0.39 is 0 Å². The summed E-state index contributed by atoms with van der Waals surface area (Å²) in [5.74, 6) is 0.813. The molecule has 0 saturated heterocycles. The van der Waals surface area contributed by atoms with E-state index >= 15 is 0 Å². The number of carbonyl (C=O) groups is 1. The minimum atomic E-state index is -0.100. The fourth-order valence-electron chi connectivity index (χ4n) is 2.22. The Labute approximate surface area is 133 Å². The molecule has 23 heavy (non-hydrogen) atoms. The highest BCUT2D eigenvalue weighted by Crippen LogP contribution is 2.11. The number of aromatic nitrogens is 3. The number of rotatable bonds is 5. The number of pyridine rings is 1. The lowest BCUT2D eigenvalue weighted by atomic mass is 10.1. The van der Waals surface area contributed by atoms with Gasteiger partial charge in [0.1, 0.15) is 17.9 Å². The lowest BCUT2D eigenvalue weighted by Crippen LogP contribution is -2.24. The maximum Gasteiger partial charge on any atom is 0.224 e. The SMILES string of the molecule is O=C(Cc1cccc(O)c1)NCc1ccnc(-n2ccnc2)c1. The Kier molecular flexibility index (Phi) is 4.33. The zero-order valence-electron chi connectivity index (χ0n) is 12.4. The van der Waals surface area contributed by atoms with E-state index in [1.54, 1.807) is 41.5 Å². The molecule has 6 heteroatoms. The van der Waals surface area contributed by atoms with E-state index in [1.165, 1.54) is 0 Å². The third-order valence-electron chi connectivity index (χ3n) is 3.34. The molecule has 1 amide bonds. The first-order chi connectivity index (χ1) is 11.2. The summed E-state index contributed by atoms with van der Waals surface area (Å²) in [4.78, 5) is 20.2. The Bertz CT molecular complexity index is 800. The van der Waals surface area contributed by atoms with E-state index in [-0.39, 0.29) is 18.1 Å². The van der Waals surface area contributed by atoms with Gasteiger partial charge in [-0.1, -0.05) is 12.1 Å². The van der Waals surface area contributed by atoms with Crippen molar-refractivity contribution in [3.8, 4) is 11.6 Å². The molecular weight excluding hydrogens is 292 g/mol. The topological polar surface area (TPSA) is 80.0 Å². The molecule has 2 heterocycles. The number of amides is 1. The number of phenolic OH excluding ortho intramolecular Hbond substituents is 1. The van der Waals surface area contributed by atoms with Gasteiger partial charge in [0, 0.05) is 25.1 Å². The van der Waals surface area contributed by atoms with Crippen molar-refractivity contribution in [2.24, 2.45) is 0 Å². The number of carbonyl (C=O) groups excluding carboxylic acids is 1. The van der Waals surface area contributed by atoms with E-state index in [0.717, 1.165) is 16.9 Å². The second-order valence-corrected chi connectivity index (χ2v) is 5.12. The number of phenols is 1. The zero-order chi connectivity index (χ0) is 16.1. The molecule has 0 saturated carbocycles. The third kappa shape index (κ3) is 3.94. The van der Waals surface area contributed by atoms with Crippen molar-refractivity contribution in [3.05, 3.63) is 72.4 Å². The summed E-state index contributed by atoms with van der Waals surface area (Å²) < 4.78 is 1.80. The van der Waals surface area contributed by atoms with Crippen LogP contribution < -0.4 is 5.32 Å². The molecule has 0 aliphatic carbocycles. The van der Waals surface area contributed by atoms with Gasteiger partial charge >= 0.3 is 0 Å². The fourth-order valence-corrected chi connectivity index (χ4v) is 2.22. The molecule has 6 nitrogen and oxygen atoms in total. The molecule has 0 fully saturated rings. The molecule has 0 radical (unpaired) electrons. The van der Waals surface area contributed by atoms with Gasteiger partial charge in [-0.2, -0.15) is 0 Å². The lowest BCUT2D eigenvalue weighted by molar-refractivity contribution is -0.120. The molecule has 0 aliphatic rings. The Morgan fingerprint density at radius 2 is 2.09 bits per heavy atom. The summed E-state index contributed by atoms with van der Waals surface area (Å²) >= 11 is 0. The number of nitrogens with one attached hydrogen (secondary N) is 1. The minimum Gasteiger partial charge on any atom is -0.508 e. The Hall–Kier alpha value is -3.15. The van der Waals surface area contributed by atoms with Gasteiger partial charge in [0.15, 0.2) is 0 Å². The first-order valence-corrected chi connectivity index (χ1v) is 7.18. The maximum absolute atomic E-state index is 12.0. The van der Waals surface area contributed by atoms with Crippen molar-refractivity contribution in [3.63, 3.8) is 0 Å². The molecule has 1 aromatic carbocycles. The van der Waals surface area contributed by atoms with Crippen molar-refractivity contribution in [1.82, 2.24) is 19.9 Å². The lowest BCUT2D eigenvalue weighted by Gasteiger charge is -2.07. The Morgan fingerprint density at radius 1 is 1.17 bits per heavy atom. The monoisotopic (exact) mass is 308 g/mol. The third-order valence-corrected chi connectivity index (χ3v) is 3.34. The molecule has 0 aliphatic heterocycles. The Balaban J connectivity index is 1.60. The first-order valence-electron chi connectivity index (χ1n) is 7.18. The molecule has 2 N–H and O–H groups in total. The van der Waals surface area contributed by atoms with Crippen LogP contribution in [-0.4, -0.2) is 25.5 Å². The van der Waals surface area contributed by atoms with Gasteiger partial charge in [-0.05, 0) is 35.4 Å². The van der Waals surface area contributed by atoms with Crippen molar-refractivity contribution in [2.75, 3.05) is 0 Å². The highest BCUT2D eigenvalue weighted by atomic mass is 16.3. The van der Waals surface area contributed by atoms with E-state index in [1.807, 2.05) is 24.4 Å². The van der Waals surface area contributed by atoms with E-state index in [9.17, 15) is 9.90 Å². The quantitative estimate of drug-likeness (QED) is 0.753. The molecular formula is C17H16N4O2. The van der Waals surface area contributed by atoms with Crippen molar-refractivity contribution < 1.29 is 9.90 Å². The van der Waals surface area contributed by atoms with Crippen LogP contribution in [0, 0.1) is 0 Å². The first kappa shape index (κ1) is 14.8. The Morgan fingerprint density at radius 3 is 2.87 bits per heavy atom. The molecule has 3 aromatic rings. The van der Waals surface area contributed by atoms with Gasteiger partial charge in [-0.25, -0.2) is 9.97 Å². The van der Waals surface area contributed by atoms with Gasteiger partial charge in [0.05, 0.1) is 6.42 Å². The van der Waals surface area contributed by atoms with E-state index in [2.05, 4.69) is 15.3 Å². The average Bonchev–Trinajstić information content (AvgIpc) is 3.08. The van der Waals surface area contributed by atoms with E-state index in [4.69, 9.17) is 0 Å². The van der Waals surface area contributed by atoms with Gasteiger partial charge < -0.3 is 10.4 Å². The average molecular weight is 308 g/mol. The van der Waals surface area contributed by atoms with Crippen LogP contribution in [0.5, 0.6) is 5.75 Å². The van der Waals surface area contributed by atoms with E-state index in [0.29, 0.717) is 6.54 Å². The van der Waals surface area contributed by atoms with Crippen LogP contribution in [0.3, 0.4) is 0 Å². The molecule has 2 aromatic heterocycles. The maximum atomic E-state index is 12.0. The summed E-state index contributed by atoms with van der Waals surface area (Å²) in [5, 5.41) is 12.3. The van der Waals surface area contributed by atoms with Crippen molar-refractivity contribution >= 4 is 5.91 Å². The number of imidazole rings is 1. The van der Waals surface area contributed by atoms with Gasteiger partial charge in [0.25, 0.3) is 0 Å². The predicted molar refractivity (Wildman–Crippen MR) is 85.0 cm³/mol. The van der Waals surface area contributed by atoms with Crippen LogP contribution in [0.1, 0.15) is 11.1 Å². The number of benzene rings is 1. The second kappa shape index (κ2) is 6.74. The summed E-state index contributed by atoms with van der Waals surface area (Å²) in [5.41, 5.74) is 1.73. The highest BCUT2D eigenvalue weighted by Gasteiger charge is 2.05. The minimum absolute atomic E-state index is 0.100. The summed E-state index contributed by atoms with van der Waals surface area (Å²) in [6.07, 6.45) is 7.10. The number of nitrogens with zero attached hydrogens (tertiary/aromatic N) is 3. The number of hydrogen-bond donors (Lipinski definition) is 2. The van der Waals surface area contributed by atoms with Crippen LogP contribution in [0.15, 0.2) is 61.3 Å². The molecule has 0 atom stereocenters. The number of aromatic hydroxyl groups is 1. The number of hydrogen-bond acceptors (Lipinski definition) is 4. The second-order valence-electron chi connectivity index (χ2n) is 5.12. The molecule has 0 bridgehead atoms. The van der Waals surface area contributed by atoms with Crippen LogP contribution in [0.4, 0.5) is 0 Å². The van der Waals surface area contributed by atoms with Crippen LogP contribution >= 0.6 is 0 Å². The van der Waals surface area contributed by atoms with Crippen LogP contribution in [0.2, 0.25) is 0 Å². The predicted octanol–water partition coefficient (Wildman–Crippen LogP) is 1.83. The standard InChI is InChI=1S/C17H16N4O2/c22-15-3-1-2-13(8-15)10-17(23)20-11-14-4-5-19-16(9-14)21-7-6-18-12-21/h1-9,12,22H,10-11H2,(H,20,23). The van der Waals surface area contributed by atoms with Gasteiger partial charge in [-0.3, -0.25) is 9.36 Å². The molecule has 0 spiro atoms. The largest absolute Gasteiger partial charge is 0.508 e.